The SMILES string of the molecule is CCOc1ccc2oc(C(=O)OCC(=O)NC(C)(C)C)c(C)c2c1. The molecule has 0 saturated carbocycles. The van der Waals surface area contributed by atoms with Crippen LogP contribution in [0, 0.1) is 6.92 Å². The van der Waals surface area contributed by atoms with E-state index in [4.69, 9.17) is 13.9 Å². The van der Waals surface area contributed by atoms with Gasteiger partial charge in [0.15, 0.2) is 6.61 Å². The molecular weight excluding hydrogens is 310 g/mol. The first-order valence-corrected chi connectivity index (χ1v) is 7.85. The molecule has 1 heterocycles. The molecule has 1 aromatic heterocycles. The molecule has 0 fully saturated rings. The van der Waals surface area contributed by atoms with Crippen LogP contribution < -0.4 is 10.1 Å². The number of carbonyl (C=O) groups excluding carboxylic acids is 2. The number of hydrogen-bond donors (Lipinski definition) is 1. The number of aryl methyl sites for hydroxylation is 1. The van der Waals surface area contributed by atoms with E-state index >= 15 is 0 Å². The summed E-state index contributed by atoms with van der Waals surface area (Å²) in [6.07, 6.45) is 0. The van der Waals surface area contributed by atoms with Gasteiger partial charge in [0, 0.05) is 16.5 Å². The van der Waals surface area contributed by atoms with Gasteiger partial charge in [-0.15, -0.1) is 0 Å². The third-order valence-electron chi connectivity index (χ3n) is 3.25. The van der Waals surface area contributed by atoms with Gasteiger partial charge in [0.2, 0.25) is 5.76 Å². The molecule has 130 valence electrons. The van der Waals surface area contributed by atoms with Crippen LogP contribution in [0.4, 0.5) is 0 Å². The molecule has 0 atom stereocenters. The van der Waals surface area contributed by atoms with Gasteiger partial charge in [0.25, 0.3) is 5.91 Å². The second-order valence-electron chi connectivity index (χ2n) is 6.52. The minimum Gasteiger partial charge on any atom is -0.494 e. The topological polar surface area (TPSA) is 77.8 Å². The molecule has 24 heavy (non-hydrogen) atoms. The smallest absolute Gasteiger partial charge is 0.375 e. The van der Waals surface area contributed by atoms with E-state index in [0.29, 0.717) is 23.5 Å². The molecule has 1 aromatic carbocycles. The third-order valence-corrected chi connectivity index (χ3v) is 3.25. The zero-order chi connectivity index (χ0) is 17.9. The average Bonchev–Trinajstić information content (AvgIpc) is 2.81. The second kappa shape index (κ2) is 6.95. The quantitative estimate of drug-likeness (QED) is 0.850. The van der Waals surface area contributed by atoms with E-state index in [1.165, 1.54) is 0 Å². The van der Waals surface area contributed by atoms with Gasteiger partial charge in [0.05, 0.1) is 6.61 Å². The van der Waals surface area contributed by atoms with E-state index in [2.05, 4.69) is 5.32 Å². The standard InChI is InChI=1S/C18H23NO5/c1-6-22-12-7-8-14-13(9-12)11(2)16(24-14)17(21)23-10-15(20)19-18(3,4)5/h7-9H,6,10H2,1-5H3,(H,19,20). The van der Waals surface area contributed by atoms with Crippen LogP contribution in [-0.2, 0) is 9.53 Å². The Bertz CT molecular complexity index is 755. The molecule has 2 aromatic rings. The van der Waals surface area contributed by atoms with Crippen molar-refractivity contribution in [3.63, 3.8) is 0 Å². The fourth-order valence-corrected chi connectivity index (χ4v) is 2.30. The van der Waals surface area contributed by atoms with Gasteiger partial charge in [0.1, 0.15) is 11.3 Å². The summed E-state index contributed by atoms with van der Waals surface area (Å²) in [6.45, 7) is 9.44. The Hall–Kier alpha value is -2.50. The Labute approximate surface area is 141 Å². The molecule has 1 amide bonds. The lowest BCUT2D eigenvalue weighted by atomic mass is 10.1. The summed E-state index contributed by atoms with van der Waals surface area (Å²) in [5, 5.41) is 3.51. The third kappa shape index (κ3) is 4.28. The molecule has 0 spiro atoms. The van der Waals surface area contributed by atoms with E-state index in [-0.39, 0.29) is 23.8 Å². The van der Waals surface area contributed by atoms with Crippen molar-refractivity contribution < 1.29 is 23.5 Å². The predicted octanol–water partition coefficient (Wildman–Crippen LogP) is 3.21. The van der Waals surface area contributed by atoms with Crippen molar-refractivity contribution in [1.82, 2.24) is 5.32 Å². The molecule has 0 aliphatic heterocycles. The van der Waals surface area contributed by atoms with E-state index in [1.54, 1.807) is 19.1 Å². The van der Waals surface area contributed by atoms with Crippen LogP contribution in [0.15, 0.2) is 22.6 Å². The number of furan rings is 1. The Morgan fingerprint density at radius 3 is 2.58 bits per heavy atom. The van der Waals surface area contributed by atoms with Gasteiger partial charge < -0.3 is 19.2 Å². The van der Waals surface area contributed by atoms with Gasteiger partial charge >= 0.3 is 5.97 Å². The van der Waals surface area contributed by atoms with Crippen LogP contribution in [0.5, 0.6) is 5.75 Å². The van der Waals surface area contributed by atoms with Crippen LogP contribution in [0.25, 0.3) is 11.0 Å². The normalized spacial score (nSPS) is 11.4. The number of fused-ring (bicyclic) bond motifs is 1. The average molecular weight is 333 g/mol. The fourth-order valence-electron chi connectivity index (χ4n) is 2.30. The number of ether oxygens (including phenoxy) is 2. The number of hydrogen-bond acceptors (Lipinski definition) is 5. The lowest BCUT2D eigenvalue weighted by molar-refractivity contribution is -0.125. The van der Waals surface area contributed by atoms with Crippen LogP contribution in [0.2, 0.25) is 0 Å². The summed E-state index contributed by atoms with van der Waals surface area (Å²) in [5.74, 6) is -0.213. The van der Waals surface area contributed by atoms with Crippen LogP contribution in [-0.4, -0.2) is 30.6 Å². The molecule has 0 unspecified atom stereocenters. The van der Waals surface area contributed by atoms with Crippen LogP contribution in [0.3, 0.4) is 0 Å². The largest absolute Gasteiger partial charge is 0.494 e. The lowest BCUT2D eigenvalue weighted by Gasteiger charge is -2.20. The zero-order valence-corrected chi connectivity index (χ0v) is 14.7. The first kappa shape index (κ1) is 17.8. The van der Waals surface area contributed by atoms with Gasteiger partial charge in [-0.05, 0) is 52.8 Å². The summed E-state index contributed by atoms with van der Waals surface area (Å²) in [5.41, 5.74) is 0.851. The highest BCUT2D eigenvalue weighted by Gasteiger charge is 2.21. The first-order chi connectivity index (χ1) is 11.2. The Morgan fingerprint density at radius 2 is 1.96 bits per heavy atom. The summed E-state index contributed by atoms with van der Waals surface area (Å²) in [4.78, 5) is 23.9. The number of esters is 1. The fraction of sp³-hybridized carbons (Fsp3) is 0.444. The van der Waals surface area contributed by atoms with Gasteiger partial charge in [-0.3, -0.25) is 4.79 Å². The Balaban J connectivity index is 2.12. The molecule has 0 aliphatic carbocycles. The molecule has 6 nitrogen and oxygen atoms in total. The van der Waals surface area contributed by atoms with E-state index in [9.17, 15) is 9.59 Å². The van der Waals surface area contributed by atoms with Crippen LogP contribution >= 0.6 is 0 Å². The number of nitrogens with one attached hydrogen (secondary N) is 1. The summed E-state index contributed by atoms with van der Waals surface area (Å²) >= 11 is 0. The van der Waals surface area contributed by atoms with Crippen LogP contribution in [0.1, 0.15) is 43.8 Å². The van der Waals surface area contributed by atoms with Crippen molar-refractivity contribution in [1.29, 1.82) is 0 Å². The summed E-state index contributed by atoms with van der Waals surface area (Å²) < 4.78 is 16.1. The highest BCUT2D eigenvalue weighted by Crippen LogP contribution is 2.29. The molecule has 1 N–H and O–H groups in total. The molecule has 0 bridgehead atoms. The van der Waals surface area contributed by atoms with E-state index in [1.807, 2.05) is 33.8 Å². The Morgan fingerprint density at radius 1 is 1.25 bits per heavy atom. The van der Waals surface area contributed by atoms with Crippen molar-refractivity contribution in [2.75, 3.05) is 13.2 Å². The van der Waals surface area contributed by atoms with Crippen molar-refractivity contribution in [2.24, 2.45) is 0 Å². The minimum atomic E-state index is -0.661. The van der Waals surface area contributed by atoms with Crippen molar-refractivity contribution in [3.05, 3.63) is 29.5 Å². The highest BCUT2D eigenvalue weighted by atomic mass is 16.5. The number of amides is 1. The number of benzene rings is 1. The monoisotopic (exact) mass is 333 g/mol. The van der Waals surface area contributed by atoms with Gasteiger partial charge in [-0.1, -0.05) is 0 Å². The second-order valence-corrected chi connectivity index (χ2v) is 6.52. The maximum atomic E-state index is 12.2. The summed E-state index contributed by atoms with van der Waals surface area (Å²) in [6, 6.07) is 5.35. The Kier molecular flexibility index (Phi) is 5.17. The minimum absolute atomic E-state index is 0.0993. The maximum Gasteiger partial charge on any atom is 0.375 e. The van der Waals surface area contributed by atoms with E-state index < -0.39 is 5.97 Å². The van der Waals surface area contributed by atoms with Crippen molar-refractivity contribution in [2.45, 2.75) is 40.2 Å². The van der Waals surface area contributed by atoms with Gasteiger partial charge in [-0.2, -0.15) is 0 Å². The molecule has 0 radical (unpaired) electrons. The summed E-state index contributed by atoms with van der Waals surface area (Å²) in [7, 11) is 0. The zero-order valence-electron chi connectivity index (χ0n) is 14.7. The number of carbonyl (C=O) groups is 2. The van der Waals surface area contributed by atoms with Crippen molar-refractivity contribution in [3.8, 4) is 5.75 Å². The molecule has 6 heteroatoms. The molecule has 2 rings (SSSR count). The maximum absolute atomic E-state index is 12.2. The molecular formula is C18H23NO5. The number of rotatable bonds is 5. The van der Waals surface area contributed by atoms with Gasteiger partial charge in [-0.25, -0.2) is 4.79 Å². The lowest BCUT2D eigenvalue weighted by Crippen LogP contribution is -2.42. The first-order valence-electron chi connectivity index (χ1n) is 7.85. The molecule has 0 aliphatic rings. The van der Waals surface area contributed by atoms with Crippen molar-refractivity contribution >= 4 is 22.8 Å². The highest BCUT2D eigenvalue weighted by molar-refractivity contribution is 5.97. The molecule has 0 saturated heterocycles. The predicted molar refractivity (Wildman–Crippen MR) is 90.3 cm³/mol. The van der Waals surface area contributed by atoms with E-state index in [0.717, 1.165) is 5.39 Å².